The standard InChI is InChI=1S/8HI.4Zn/h8*1H;;;;/q;;;;;;;;4*+2/p-8. The molecule has 12 heteroatoms. The van der Waals surface area contributed by atoms with Crippen molar-refractivity contribution in [3.8, 4) is 0 Å². The van der Waals surface area contributed by atoms with Crippen molar-refractivity contribution in [2.75, 3.05) is 0 Å². The summed E-state index contributed by atoms with van der Waals surface area (Å²) in [5, 5.41) is 0. The van der Waals surface area contributed by atoms with Crippen LogP contribution in [0.1, 0.15) is 0 Å². The van der Waals surface area contributed by atoms with Crippen molar-refractivity contribution in [2.24, 2.45) is 0 Å². The van der Waals surface area contributed by atoms with Gasteiger partial charge in [0.05, 0.1) is 0 Å². The van der Waals surface area contributed by atoms with Gasteiger partial charge in [0.25, 0.3) is 0 Å². The van der Waals surface area contributed by atoms with Gasteiger partial charge < -0.3 is 192 Å². The predicted molar refractivity (Wildman–Crippen MR) is 0 cm³/mol. The molecule has 0 unspecified atom stereocenters. The van der Waals surface area contributed by atoms with Crippen LogP contribution in [0, 0.1) is 0 Å². The molecular formula is I8Zn4. The first-order chi connectivity index (χ1) is 0. The molecule has 0 aliphatic heterocycles. The van der Waals surface area contributed by atoms with E-state index in [2.05, 4.69) is 0 Å². The van der Waals surface area contributed by atoms with Crippen molar-refractivity contribution in [3.05, 3.63) is 0 Å². The molecule has 0 aliphatic carbocycles. The van der Waals surface area contributed by atoms with Gasteiger partial charge in [0.15, 0.2) is 0 Å². The summed E-state index contributed by atoms with van der Waals surface area (Å²) in [7, 11) is 0. The quantitative estimate of drug-likeness (QED) is 0.168. The van der Waals surface area contributed by atoms with Gasteiger partial charge in [0.1, 0.15) is 0 Å². The van der Waals surface area contributed by atoms with Gasteiger partial charge in [-0.15, -0.1) is 0 Å². The van der Waals surface area contributed by atoms with Crippen LogP contribution in [0.2, 0.25) is 0 Å². The summed E-state index contributed by atoms with van der Waals surface area (Å²) in [6.45, 7) is 0. The van der Waals surface area contributed by atoms with Gasteiger partial charge in [-0.25, -0.2) is 0 Å². The fraction of sp³-hybridized carbons (Fsp3) is 0. The van der Waals surface area contributed by atoms with Gasteiger partial charge in [0, 0.05) is 0 Å². The van der Waals surface area contributed by atoms with Gasteiger partial charge in [-0.2, -0.15) is 0 Å². The Morgan fingerprint density at radius 1 is 0.167 bits per heavy atom. The fourth-order valence-corrected chi connectivity index (χ4v) is 0. The van der Waals surface area contributed by atoms with Crippen LogP contribution in [0.25, 0.3) is 0 Å². The Kier molecular flexibility index (Phi) is 853. The molecule has 0 N–H and O–H groups in total. The summed E-state index contributed by atoms with van der Waals surface area (Å²) in [6, 6.07) is 0. The smallest absolute Gasteiger partial charge is 1.00 e. The van der Waals surface area contributed by atoms with Crippen molar-refractivity contribution in [3.63, 3.8) is 0 Å². The Bertz CT molecular complexity index is 11.0. The summed E-state index contributed by atoms with van der Waals surface area (Å²) in [5.41, 5.74) is 0. The molecular weight excluding hydrogens is 1280 g/mol. The van der Waals surface area contributed by atoms with Crippen LogP contribution >= 0.6 is 0 Å². The van der Waals surface area contributed by atoms with Gasteiger partial charge in [0.2, 0.25) is 0 Å². The molecule has 0 aromatic rings. The van der Waals surface area contributed by atoms with Gasteiger partial charge >= 0.3 is 77.9 Å². The summed E-state index contributed by atoms with van der Waals surface area (Å²) < 4.78 is 0. The molecule has 0 amide bonds. The maximum absolute atomic E-state index is 0. The predicted octanol–water partition coefficient (Wildman–Crippen LogP) is -24.0. The number of rotatable bonds is 0. The van der Waals surface area contributed by atoms with Crippen molar-refractivity contribution in [1.82, 2.24) is 0 Å². The van der Waals surface area contributed by atoms with E-state index in [0.717, 1.165) is 0 Å². The summed E-state index contributed by atoms with van der Waals surface area (Å²) in [6.07, 6.45) is 0. The van der Waals surface area contributed by atoms with E-state index < -0.39 is 0 Å². The van der Waals surface area contributed by atoms with E-state index in [9.17, 15) is 0 Å². The largest absolute Gasteiger partial charge is 2.00 e. The third kappa shape index (κ3) is 79.3. The van der Waals surface area contributed by atoms with Crippen LogP contribution in [0.4, 0.5) is 0 Å². The molecule has 0 saturated carbocycles. The van der Waals surface area contributed by atoms with Gasteiger partial charge in [-0.1, -0.05) is 0 Å². The molecule has 0 bridgehead atoms. The monoisotopic (exact) mass is 1270 g/mol. The van der Waals surface area contributed by atoms with Crippen LogP contribution in [0.15, 0.2) is 0 Å². The van der Waals surface area contributed by atoms with E-state index in [0.29, 0.717) is 0 Å². The van der Waals surface area contributed by atoms with Crippen LogP contribution < -0.4 is 192 Å². The average Bonchev–Trinajstić information content (AvgIpc) is 0. The molecule has 0 fully saturated rings. The molecule has 64 valence electrons. The summed E-state index contributed by atoms with van der Waals surface area (Å²) in [5.74, 6) is 0. The van der Waals surface area contributed by atoms with Gasteiger partial charge in [-0.05, 0) is 0 Å². The molecule has 0 heterocycles. The minimum Gasteiger partial charge on any atom is -1.00 e. The summed E-state index contributed by atoms with van der Waals surface area (Å²) >= 11 is 0. The van der Waals surface area contributed by atoms with Crippen molar-refractivity contribution in [2.45, 2.75) is 0 Å². The second kappa shape index (κ2) is 93.6. The normalized spacial score (nSPS) is 0. The molecule has 0 aromatic carbocycles. The summed E-state index contributed by atoms with van der Waals surface area (Å²) in [4.78, 5) is 0. The third-order valence-corrected chi connectivity index (χ3v) is 0. The molecule has 0 radical (unpaired) electrons. The topological polar surface area (TPSA) is 0 Å². The maximum atomic E-state index is 0. The minimum absolute atomic E-state index is 0. The van der Waals surface area contributed by atoms with Gasteiger partial charge in [-0.3, -0.25) is 0 Å². The first-order valence-corrected chi connectivity index (χ1v) is 0. The zero-order valence-corrected chi connectivity index (χ0v) is 35.0. The molecule has 0 spiro atoms. The van der Waals surface area contributed by atoms with Crippen LogP contribution in [-0.4, -0.2) is 0 Å². The van der Waals surface area contributed by atoms with E-state index in [4.69, 9.17) is 0 Å². The first kappa shape index (κ1) is 109. The Hall–Kier alpha value is 8.33. The third-order valence-electron chi connectivity index (χ3n) is 0. The van der Waals surface area contributed by atoms with E-state index in [-0.39, 0.29) is 270 Å². The molecule has 0 atom stereocenters. The van der Waals surface area contributed by atoms with Crippen LogP contribution in [0.3, 0.4) is 0 Å². The first-order valence-electron chi connectivity index (χ1n) is 0. The molecule has 12 heavy (non-hydrogen) atoms. The minimum atomic E-state index is 0. The zero-order chi connectivity index (χ0) is 0. The Balaban J connectivity index is 0. The second-order valence-electron chi connectivity index (χ2n) is 0. The van der Waals surface area contributed by atoms with E-state index >= 15 is 0 Å². The SMILES string of the molecule is [I-].[I-].[I-].[I-].[I-].[I-].[I-].[I-].[Zn+2].[Zn+2].[Zn+2].[Zn+2]. The Morgan fingerprint density at radius 2 is 0.167 bits per heavy atom. The molecule has 0 rings (SSSR count). The zero-order valence-electron chi connectivity index (χ0n) is 5.85. The Labute approximate surface area is 262 Å². The van der Waals surface area contributed by atoms with Crippen molar-refractivity contribution >= 4 is 0 Å². The van der Waals surface area contributed by atoms with Crippen LogP contribution in [-0.2, 0) is 77.9 Å². The van der Waals surface area contributed by atoms with Crippen LogP contribution in [0.5, 0.6) is 0 Å². The van der Waals surface area contributed by atoms with Crippen molar-refractivity contribution in [1.29, 1.82) is 0 Å². The van der Waals surface area contributed by atoms with E-state index in [1.807, 2.05) is 0 Å². The number of hydrogen-bond acceptors (Lipinski definition) is 0. The maximum Gasteiger partial charge on any atom is 2.00 e. The van der Waals surface area contributed by atoms with Crippen molar-refractivity contribution < 1.29 is 270 Å². The average molecular weight is 1280 g/mol. The second-order valence-corrected chi connectivity index (χ2v) is 0. The van der Waals surface area contributed by atoms with E-state index in [1.165, 1.54) is 0 Å². The fourth-order valence-electron chi connectivity index (χ4n) is 0. The molecule has 0 aromatic heterocycles. The number of halogens is 8. The number of hydrogen-bond donors (Lipinski definition) is 0. The molecule has 0 aliphatic rings. The van der Waals surface area contributed by atoms with E-state index in [1.54, 1.807) is 0 Å². The molecule has 0 nitrogen and oxygen atoms in total. The Morgan fingerprint density at radius 3 is 0.167 bits per heavy atom. The molecule has 0 saturated heterocycles.